The van der Waals surface area contributed by atoms with E-state index >= 15 is 0 Å². The highest BCUT2D eigenvalue weighted by molar-refractivity contribution is 7.08. The number of aromatic nitrogens is 1. The number of nitrogens with zero attached hydrogens (tertiary/aromatic N) is 3. The summed E-state index contributed by atoms with van der Waals surface area (Å²) in [6, 6.07) is 4.45. The quantitative estimate of drug-likeness (QED) is 0.434. The second-order valence-corrected chi connectivity index (χ2v) is 7.95. The number of benzene rings is 1. The lowest BCUT2D eigenvalue weighted by molar-refractivity contribution is 0.429. The fraction of sp³-hybridized carbons (Fsp3) is 0.474. The van der Waals surface area contributed by atoms with Crippen molar-refractivity contribution in [2.24, 2.45) is 4.99 Å². The molecule has 0 aliphatic carbocycles. The fourth-order valence-electron chi connectivity index (χ4n) is 2.11. The van der Waals surface area contributed by atoms with Crippen LogP contribution in [-0.4, -0.2) is 28.7 Å². The van der Waals surface area contributed by atoms with Gasteiger partial charge in [-0.15, -0.1) is 0 Å². The van der Waals surface area contributed by atoms with Crippen LogP contribution in [0.3, 0.4) is 0 Å². The Morgan fingerprint density at radius 2 is 1.88 bits per heavy atom. The molecule has 25 heavy (non-hydrogen) atoms. The van der Waals surface area contributed by atoms with Crippen LogP contribution in [0, 0.1) is 13.8 Å². The van der Waals surface area contributed by atoms with E-state index in [0.29, 0.717) is 16.1 Å². The van der Waals surface area contributed by atoms with Crippen LogP contribution < -0.4 is 4.74 Å². The van der Waals surface area contributed by atoms with Crippen molar-refractivity contribution in [1.82, 2.24) is 9.27 Å². The Kier molecular flexibility index (Phi) is 6.47. The van der Waals surface area contributed by atoms with Gasteiger partial charge >= 0.3 is 0 Å². The molecule has 0 aliphatic rings. The molecule has 0 N–H and O–H groups in total. The lowest BCUT2D eigenvalue weighted by Crippen LogP contribution is -2.24. The van der Waals surface area contributed by atoms with Crippen molar-refractivity contribution in [3.8, 4) is 10.8 Å². The van der Waals surface area contributed by atoms with E-state index in [4.69, 9.17) is 16.3 Å². The van der Waals surface area contributed by atoms with Crippen LogP contribution in [0.5, 0.6) is 10.8 Å². The van der Waals surface area contributed by atoms with E-state index in [-0.39, 0.29) is 5.92 Å². The van der Waals surface area contributed by atoms with E-state index in [0.717, 1.165) is 28.3 Å². The molecule has 0 amide bonds. The summed E-state index contributed by atoms with van der Waals surface area (Å²) in [5.41, 5.74) is 3.89. The Balaban J connectivity index is 2.25. The average molecular weight is 380 g/mol. The van der Waals surface area contributed by atoms with Crippen molar-refractivity contribution >= 4 is 35.2 Å². The van der Waals surface area contributed by atoms with E-state index in [9.17, 15) is 0 Å². The second-order valence-electron chi connectivity index (χ2n) is 6.83. The first-order valence-corrected chi connectivity index (χ1v) is 9.56. The van der Waals surface area contributed by atoms with E-state index in [1.165, 1.54) is 11.5 Å². The molecule has 1 aromatic carbocycles. The van der Waals surface area contributed by atoms with Crippen LogP contribution in [0.15, 0.2) is 17.1 Å². The molecule has 136 valence electrons. The van der Waals surface area contributed by atoms with Crippen LogP contribution in [-0.2, 0) is 0 Å². The second kappa shape index (κ2) is 8.19. The van der Waals surface area contributed by atoms with Crippen LogP contribution >= 0.6 is 23.1 Å². The topological polar surface area (TPSA) is 37.7 Å². The zero-order chi connectivity index (χ0) is 18.7. The van der Waals surface area contributed by atoms with E-state index in [2.05, 4.69) is 42.0 Å². The van der Waals surface area contributed by atoms with Gasteiger partial charge in [-0.25, -0.2) is 4.99 Å². The van der Waals surface area contributed by atoms with Crippen LogP contribution in [0.4, 0.5) is 5.69 Å². The van der Waals surface area contributed by atoms with Gasteiger partial charge in [0.1, 0.15) is 10.8 Å². The third-order valence-corrected chi connectivity index (χ3v) is 5.29. The highest BCUT2D eigenvalue weighted by Crippen LogP contribution is 2.40. The molecular weight excluding hydrogens is 354 g/mol. The van der Waals surface area contributed by atoms with Crippen molar-refractivity contribution < 1.29 is 4.74 Å². The standard InChI is InChI=1S/C19H26ClN3OS/c1-11(2)18-17(20)19(25-22-18)24-16-9-13(5)15(8-14(16)6)21-10-23(7)12(3)4/h8-12H,1-7H3. The minimum atomic E-state index is 0.276. The van der Waals surface area contributed by atoms with Gasteiger partial charge in [0.25, 0.3) is 0 Å². The Morgan fingerprint density at radius 3 is 2.44 bits per heavy atom. The number of ether oxygens (including phenoxy) is 1. The van der Waals surface area contributed by atoms with Crippen LogP contribution in [0.2, 0.25) is 5.02 Å². The lowest BCUT2D eigenvalue weighted by atomic mass is 10.1. The smallest absolute Gasteiger partial charge is 0.219 e. The molecule has 0 spiro atoms. The van der Waals surface area contributed by atoms with Crippen molar-refractivity contribution in [2.45, 2.75) is 53.5 Å². The van der Waals surface area contributed by atoms with Gasteiger partial charge in [-0.05, 0) is 56.9 Å². The van der Waals surface area contributed by atoms with Gasteiger partial charge < -0.3 is 9.64 Å². The molecule has 6 heteroatoms. The summed E-state index contributed by atoms with van der Waals surface area (Å²) in [6.07, 6.45) is 1.86. The summed E-state index contributed by atoms with van der Waals surface area (Å²) in [5, 5.41) is 1.25. The summed E-state index contributed by atoms with van der Waals surface area (Å²) in [7, 11) is 2.02. The van der Waals surface area contributed by atoms with E-state index in [1.54, 1.807) is 0 Å². The minimum Gasteiger partial charge on any atom is -0.443 e. The zero-order valence-electron chi connectivity index (χ0n) is 15.9. The zero-order valence-corrected chi connectivity index (χ0v) is 17.5. The molecule has 1 aromatic heterocycles. The predicted octanol–water partition coefficient (Wildman–Crippen LogP) is 6.33. The maximum Gasteiger partial charge on any atom is 0.219 e. The molecular formula is C19H26ClN3OS. The molecule has 0 atom stereocenters. The molecule has 0 fully saturated rings. The normalized spacial score (nSPS) is 11.8. The van der Waals surface area contributed by atoms with Crippen molar-refractivity contribution in [2.75, 3.05) is 7.05 Å². The Labute approximate surface area is 159 Å². The van der Waals surface area contributed by atoms with Gasteiger partial charge in [0.2, 0.25) is 5.06 Å². The molecule has 0 radical (unpaired) electrons. The predicted molar refractivity (Wildman–Crippen MR) is 108 cm³/mol. The summed E-state index contributed by atoms with van der Waals surface area (Å²) in [6.45, 7) is 12.4. The first-order chi connectivity index (χ1) is 11.7. The lowest BCUT2D eigenvalue weighted by Gasteiger charge is -2.17. The molecule has 0 aliphatic heterocycles. The summed E-state index contributed by atoms with van der Waals surface area (Å²) >= 11 is 7.70. The largest absolute Gasteiger partial charge is 0.443 e. The first kappa shape index (κ1) is 19.7. The SMILES string of the molecule is Cc1cc(Oc2snc(C(C)C)c2Cl)c(C)cc1N=CN(C)C(C)C. The fourth-order valence-corrected chi connectivity index (χ4v) is 3.36. The number of rotatable bonds is 6. The van der Waals surface area contributed by atoms with E-state index < -0.39 is 0 Å². The van der Waals surface area contributed by atoms with Gasteiger partial charge in [0.05, 0.1) is 17.7 Å². The molecule has 2 rings (SSSR count). The maximum atomic E-state index is 6.40. The number of hydrogen-bond acceptors (Lipinski definition) is 4. The van der Waals surface area contributed by atoms with Gasteiger partial charge in [-0.1, -0.05) is 25.4 Å². The third kappa shape index (κ3) is 4.73. The monoisotopic (exact) mass is 379 g/mol. The molecule has 4 nitrogen and oxygen atoms in total. The van der Waals surface area contributed by atoms with Crippen molar-refractivity contribution in [1.29, 1.82) is 0 Å². The Bertz CT molecular complexity index is 768. The number of halogens is 1. The Hall–Kier alpha value is -1.59. The first-order valence-electron chi connectivity index (χ1n) is 8.41. The van der Waals surface area contributed by atoms with Gasteiger partial charge in [-0.2, -0.15) is 4.37 Å². The minimum absolute atomic E-state index is 0.276. The van der Waals surface area contributed by atoms with Crippen LogP contribution in [0.25, 0.3) is 0 Å². The van der Waals surface area contributed by atoms with Crippen LogP contribution in [0.1, 0.15) is 50.4 Å². The molecule has 0 unspecified atom stereocenters. The molecule has 0 saturated heterocycles. The van der Waals surface area contributed by atoms with Crippen molar-refractivity contribution in [3.63, 3.8) is 0 Å². The van der Waals surface area contributed by atoms with Gasteiger partial charge in [-0.3, -0.25) is 0 Å². The third-order valence-electron chi connectivity index (χ3n) is 4.07. The summed E-state index contributed by atoms with van der Waals surface area (Å²) in [4.78, 5) is 6.66. The number of aryl methyl sites for hydroxylation is 2. The number of aliphatic imine (C=N–C) groups is 1. The molecule has 0 bridgehead atoms. The summed E-state index contributed by atoms with van der Waals surface area (Å²) in [5.74, 6) is 1.06. The summed E-state index contributed by atoms with van der Waals surface area (Å²) < 4.78 is 10.4. The highest BCUT2D eigenvalue weighted by Gasteiger charge is 2.17. The number of hydrogen-bond donors (Lipinski definition) is 0. The highest BCUT2D eigenvalue weighted by atomic mass is 35.5. The van der Waals surface area contributed by atoms with E-state index in [1.807, 2.05) is 39.4 Å². The molecule has 1 heterocycles. The Morgan fingerprint density at radius 1 is 1.20 bits per heavy atom. The van der Waals surface area contributed by atoms with Gasteiger partial charge in [0.15, 0.2) is 0 Å². The molecule has 2 aromatic rings. The maximum absolute atomic E-state index is 6.40. The average Bonchev–Trinajstić information content (AvgIpc) is 2.89. The molecule has 0 saturated carbocycles. The van der Waals surface area contributed by atoms with Crippen molar-refractivity contribution in [3.05, 3.63) is 34.0 Å². The van der Waals surface area contributed by atoms with Gasteiger partial charge in [0, 0.05) is 24.6 Å².